The highest BCUT2D eigenvalue weighted by Gasteiger charge is 2.12. The molecule has 16 heavy (non-hydrogen) atoms. The van der Waals surface area contributed by atoms with Gasteiger partial charge in [0.2, 0.25) is 0 Å². The van der Waals surface area contributed by atoms with Gasteiger partial charge in [0.25, 0.3) is 0 Å². The molecule has 0 spiro atoms. The van der Waals surface area contributed by atoms with Gasteiger partial charge in [0.05, 0.1) is 12.7 Å². The second-order valence-electron chi connectivity index (χ2n) is 3.31. The van der Waals surface area contributed by atoms with Crippen LogP contribution in [0.25, 0.3) is 10.6 Å². The molecule has 2 aromatic rings. The van der Waals surface area contributed by atoms with Crippen molar-refractivity contribution in [3.63, 3.8) is 0 Å². The topological polar surface area (TPSA) is 48.1 Å². The number of methoxy groups -OCH3 is 1. The average molecular weight is 255 g/mol. The first-order valence-electron chi connectivity index (χ1n) is 4.68. The van der Waals surface area contributed by atoms with Gasteiger partial charge in [-0.15, -0.1) is 11.3 Å². The van der Waals surface area contributed by atoms with Crippen molar-refractivity contribution < 1.29 is 4.74 Å². The van der Waals surface area contributed by atoms with Crippen LogP contribution in [0.2, 0.25) is 5.02 Å². The van der Waals surface area contributed by atoms with Crippen LogP contribution in [0.5, 0.6) is 5.75 Å². The third-order valence-corrected chi connectivity index (χ3v) is 3.48. The molecule has 0 aliphatic heterocycles. The minimum absolute atomic E-state index is 0.567. The van der Waals surface area contributed by atoms with Crippen LogP contribution < -0.4 is 10.5 Å². The standard InChI is InChI=1S/C11H11ClN2OS/c1-6-10(13)14-11(16-6)8-4-3-7(12)5-9(8)15-2/h3-5H,13H2,1-2H3. The highest BCUT2D eigenvalue weighted by molar-refractivity contribution is 7.15. The van der Waals surface area contributed by atoms with E-state index in [9.17, 15) is 0 Å². The number of anilines is 1. The molecule has 0 aliphatic carbocycles. The number of nitrogens with two attached hydrogens (primary N) is 1. The second-order valence-corrected chi connectivity index (χ2v) is 4.94. The average Bonchev–Trinajstić information content (AvgIpc) is 2.59. The Bertz CT molecular complexity index is 505. The van der Waals surface area contributed by atoms with Crippen LogP contribution >= 0.6 is 22.9 Å². The monoisotopic (exact) mass is 254 g/mol. The molecule has 0 saturated carbocycles. The van der Waals surface area contributed by atoms with Gasteiger partial charge >= 0.3 is 0 Å². The first-order chi connectivity index (χ1) is 7.61. The van der Waals surface area contributed by atoms with E-state index in [0.717, 1.165) is 15.4 Å². The number of thiazole rings is 1. The quantitative estimate of drug-likeness (QED) is 0.894. The zero-order valence-corrected chi connectivity index (χ0v) is 10.5. The number of nitrogen functional groups attached to an aromatic ring is 1. The Kier molecular flexibility index (Phi) is 3.03. The first kappa shape index (κ1) is 11.2. The largest absolute Gasteiger partial charge is 0.496 e. The first-order valence-corrected chi connectivity index (χ1v) is 5.88. The fraction of sp³-hybridized carbons (Fsp3) is 0.182. The van der Waals surface area contributed by atoms with Crippen LogP contribution in [0.4, 0.5) is 5.82 Å². The van der Waals surface area contributed by atoms with Crippen LogP contribution in [0, 0.1) is 6.92 Å². The summed E-state index contributed by atoms with van der Waals surface area (Å²) in [5, 5.41) is 1.49. The van der Waals surface area contributed by atoms with E-state index in [0.29, 0.717) is 16.6 Å². The molecule has 3 nitrogen and oxygen atoms in total. The van der Waals surface area contributed by atoms with Gasteiger partial charge in [0.1, 0.15) is 16.6 Å². The lowest BCUT2D eigenvalue weighted by molar-refractivity contribution is 0.416. The van der Waals surface area contributed by atoms with E-state index in [4.69, 9.17) is 22.1 Å². The normalized spacial score (nSPS) is 10.4. The molecular weight excluding hydrogens is 244 g/mol. The zero-order chi connectivity index (χ0) is 11.7. The van der Waals surface area contributed by atoms with Gasteiger partial charge in [-0.25, -0.2) is 4.98 Å². The van der Waals surface area contributed by atoms with Crippen molar-refractivity contribution in [2.24, 2.45) is 0 Å². The van der Waals surface area contributed by atoms with Gasteiger partial charge in [-0.3, -0.25) is 0 Å². The number of hydrogen-bond donors (Lipinski definition) is 1. The van der Waals surface area contributed by atoms with Crippen molar-refractivity contribution in [3.05, 3.63) is 28.1 Å². The van der Waals surface area contributed by atoms with Crippen molar-refractivity contribution in [3.8, 4) is 16.3 Å². The second kappa shape index (κ2) is 4.31. The van der Waals surface area contributed by atoms with Crippen molar-refractivity contribution in [2.75, 3.05) is 12.8 Å². The molecule has 0 amide bonds. The van der Waals surface area contributed by atoms with Crippen molar-refractivity contribution >= 4 is 28.8 Å². The van der Waals surface area contributed by atoms with E-state index < -0.39 is 0 Å². The Morgan fingerprint density at radius 3 is 2.75 bits per heavy atom. The van der Waals surface area contributed by atoms with E-state index in [1.807, 2.05) is 19.1 Å². The Labute approximate surface area is 103 Å². The van der Waals surface area contributed by atoms with Crippen molar-refractivity contribution in [1.82, 2.24) is 4.98 Å². The summed E-state index contributed by atoms with van der Waals surface area (Å²) in [6.07, 6.45) is 0. The van der Waals surface area contributed by atoms with Crippen LogP contribution in [0.15, 0.2) is 18.2 Å². The third-order valence-electron chi connectivity index (χ3n) is 2.23. The number of ether oxygens (including phenoxy) is 1. The van der Waals surface area contributed by atoms with Crippen LogP contribution in [-0.4, -0.2) is 12.1 Å². The molecule has 0 bridgehead atoms. The SMILES string of the molecule is COc1cc(Cl)ccc1-c1nc(N)c(C)s1. The van der Waals surface area contributed by atoms with E-state index in [2.05, 4.69) is 4.98 Å². The van der Waals surface area contributed by atoms with Gasteiger partial charge in [0.15, 0.2) is 0 Å². The van der Waals surface area contributed by atoms with E-state index in [1.165, 1.54) is 0 Å². The smallest absolute Gasteiger partial charge is 0.138 e. The Hall–Kier alpha value is -1.26. The summed E-state index contributed by atoms with van der Waals surface area (Å²) in [5.74, 6) is 1.28. The Morgan fingerprint density at radius 2 is 2.19 bits per heavy atom. The molecule has 0 unspecified atom stereocenters. The van der Waals surface area contributed by atoms with Crippen LogP contribution in [-0.2, 0) is 0 Å². The summed E-state index contributed by atoms with van der Waals surface area (Å²) in [6.45, 7) is 1.94. The number of aryl methyl sites for hydroxylation is 1. The van der Waals surface area contributed by atoms with Gasteiger partial charge in [0, 0.05) is 9.90 Å². The summed E-state index contributed by atoms with van der Waals surface area (Å²) in [4.78, 5) is 5.30. The predicted molar refractivity (Wildman–Crippen MR) is 68.3 cm³/mol. The molecule has 1 aromatic carbocycles. The zero-order valence-electron chi connectivity index (χ0n) is 8.95. The summed E-state index contributed by atoms with van der Waals surface area (Å²) in [5.41, 5.74) is 6.65. The summed E-state index contributed by atoms with van der Waals surface area (Å²) in [6, 6.07) is 5.47. The number of rotatable bonds is 2. The number of benzene rings is 1. The summed E-state index contributed by atoms with van der Waals surface area (Å²) >= 11 is 7.44. The van der Waals surface area contributed by atoms with Crippen LogP contribution in [0.3, 0.4) is 0 Å². The van der Waals surface area contributed by atoms with Gasteiger partial charge in [-0.1, -0.05) is 11.6 Å². The van der Waals surface area contributed by atoms with Gasteiger partial charge < -0.3 is 10.5 Å². The maximum atomic E-state index is 5.90. The molecule has 5 heteroatoms. The molecule has 0 aliphatic rings. The lowest BCUT2D eigenvalue weighted by Crippen LogP contribution is -1.89. The minimum atomic E-state index is 0.567. The molecule has 0 saturated heterocycles. The lowest BCUT2D eigenvalue weighted by atomic mass is 10.2. The molecule has 0 atom stereocenters. The number of aromatic nitrogens is 1. The lowest BCUT2D eigenvalue weighted by Gasteiger charge is -2.05. The van der Waals surface area contributed by atoms with Crippen molar-refractivity contribution in [1.29, 1.82) is 0 Å². The highest BCUT2D eigenvalue weighted by Crippen LogP contribution is 2.36. The van der Waals surface area contributed by atoms with E-state index in [1.54, 1.807) is 24.5 Å². The molecule has 84 valence electrons. The molecular formula is C11H11ClN2OS. The summed E-state index contributed by atoms with van der Waals surface area (Å²) in [7, 11) is 1.61. The van der Waals surface area contributed by atoms with Crippen molar-refractivity contribution in [2.45, 2.75) is 6.92 Å². The Balaban J connectivity index is 2.55. The number of nitrogens with zero attached hydrogens (tertiary/aromatic N) is 1. The molecule has 1 aromatic heterocycles. The molecule has 2 rings (SSSR count). The molecule has 2 N–H and O–H groups in total. The fourth-order valence-electron chi connectivity index (χ4n) is 1.37. The molecule has 0 fully saturated rings. The maximum Gasteiger partial charge on any atom is 0.138 e. The van der Waals surface area contributed by atoms with E-state index in [-0.39, 0.29) is 0 Å². The summed E-state index contributed by atoms with van der Waals surface area (Å²) < 4.78 is 5.27. The minimum Gasteiger partial charge on any atom is -0.496 e. The van der Waals surface area contributed by atoms with Gasteiger partial charge in [-0.05, 0) is 25.1 Å². The molecule has 1 heterocycles. The van der Waals surface area contributed by atoms with Crippen LogP contribution in [0.1, 0.15) is 4.88 Å². The maximum absolute atomic E-state index is 5.90. The number of halogens is 1. The fourth-order valence-corrected chi connectivity index (χ4v) is 2.39. The number of hydrogen-bond acceptors (Lipinski definition) is 4. The molecule has 0 radical (unpaired) electrons. The third kappa shape index (κ3) is 1.99. The van der Waals surface area contributed by atoms with Gasteiger partial charge in [-0.2, -0.15) is 0 Å². The Morgan fingerprint density at radius 1 is 1.44 bits per heavy atom. The highest BCUT2D eigenvalue weighted by atomic mass is 35.5. The van der Waals surface area contributed by atoms with E-state index >= 15 is 0 Å². The predicted octanol–water partition coefficient (Wildman–Crippen LogP) is 3.36.